The zero-order chi connectivity index (χ0) is 23.2. The highest BCUT2D eigenvalue weighted by molar-refractivity contribution is 5.97. The van der Waals surface area contributed by atoms with Crippen LogP contribution in [0.3, 0.4) is 0 Å². The maximum absolute atomic E-state index is 13.2. The van der Waals surface area contributed by atoms with Crippen LogP contribution in [0.4, 0.5) is 5.69 Å². The van der Waals surface area contributed by atoms with Crippen molar-refractivity contribution in [1.82, 2.24) is 4.90 Å². The minimum atomic E-state index is -0.115. The Balaban J connectivity index is 1.45. The summed E-state index contributed by atoms with van der Waals surface area (Å²) >= 11 is 0. The fraction of sp³-hybridized carbons (Fsp3) is 0.296. The van der Waals surface area contributed by atoms with E-state index < -0.39 is 0 Å². The van der Waals surface area contributed by atoms with E-state index in [2.05, 4.69) is 10.2 Å². The van der Waals surface area contributed by atoms with E-state index in [0.717, 1.165) is 47.5 Å². The fourth-order valence-corrected chi connectivity index (χ4v) is 4.32. The van der Waals surface area contributed by atoms with E-state index in [1.54, 1.807) is 26.4 Å². The molecule has 0 bridgehead atoms. The molecule has 1 atom stereocenters. The number of carbonyl (C=O) groups is 1. The van der Waals surface area contributed by atoms with Crippen LogP contribution in [0.25, 0.3) is 11.1 Å². The number of aromatic hydroxyl groups is 1. The van der Waals surface area contributed by atoms with E-state index in [1.165, 1.54) is 0 Å². The number of nitrogens with zero attached hydrogens (tertiary/aromatic N) is 1. The van der Waals surface area contributed by atoms with Gasteiger partial charge in [0, 0.05) is 29.9 Å². The molecule has 33 heavy (non-hydrogen) atoms. The maximum Gasteiger partial charge on any atom is 0.228 e. The summed E-state index contributed by atoms with van der Waals surface area (Å²) < 4.78 is 10.5. The molecular weight excluding hydrogens is 416 g/mol. The maximum atomic E-state index is 13.2. The summed E-state index contributed by atoms with van der Waals surface area (Å²) in [6.45, 7) is 2.12. The highest BCUT2D eigenvalue weighted by Gasteiger charge is 2.27. The normalized spacial score (nSPS) is 16.2. The average molecular weight is 447 g/mol. The molecule has 0 radical (unpaired) electrons. The van der Waals surface area contributed by atoms with Gasteiger partial charge in [0.15, 0.2) is 0 Å². The number of rotatable bonds is 7. The molecule has 3 aromatic carbocycles. The Hall–Kier alpha value is -3.51. The number of para-hydroxylation sites is 1. The summed E-state index contributed by atoms with van der Waals surface area (Å²) in [6.07, 6.45) is 1.78. The Kier molecular flexibility index (Phi) is 7.15. The van der Waals surface area contributed by atoms with Gasteiger partial charge < -0.3 is 19.9 Å². The molecule has 1 heterocycles. The first kappa shape index (κ1) is 22.7. The van der Waals surface area contributed by atoms with Gasteiger partial charge in [0.2, 0.25) is 5.91 Å². The van der Waals surface area contributed by atoms with Crippen LogP contribution in [0.5, 0.6) is 17.2 Å². The number of amides is 1. The smallest absolute Gasteiger partial charge is 0.228 e. The van der Waals surface area contributed by atoms with Crippen LogP contribution < -0.4 is 14.8 Å². The van der Waals surface area contributed by atoms with Crippen molar-refractivity contribution in [3.63, 3.8) is 0 Å². The minimum Gasteiger partial charge on any atom is -0.508 e. The third-order valence-electron chi connectivity index (χ3n) is 6.14. The highest BCUT2D eigenvalue weighted by atomic mass is 16.5. The molecule has 2 N–H and O–H groups in total. The number of hydrogen-bond acceptors (Lipinski definition) is 5. The molecule has 0 aliphatic carbocycles. The van der Waals surface area contributed by atoms with Crippen molar-refractivity contribution in [3.8, 4) is 28.4 Å². The zero-order valence-electron chi connectivity index (χ0n) is 19.1. The van der Waals surface area contributed by atoms with Gasteiger partial charge in [0.05, 0.1) is 20.1 Å². The Morgan fingerprint density at radius 1 is 1.03 bits per heavy atom. The molecule has 1 unspecified atom stereocenters. The minimum absolute atomic E-state index is 0.0236. The second kappa shape index (κ2) is 10.4. The standard InChI is InChI=1S/C27H30N2O4/c1-32-22-11-9-19(10-12-22)24-7-3-4-8-25(24)28-27(31)20-6-5-15-29(17-20)18-21-16-23(33-2)13-14-26(21)30/h3-4,7-14,16,20,30H,5-6,15,17-18H2,1-2H3,(H,28,31). The molecular formula is C27H30N2O4. The lowest BCUT2D eigenvalue weighted by molar-refractivity contribution is -0.121. The van der Waals surface area contributed by atoms with Gasteiger partial charge in [0.25, 0.3) is 0 Å². The van der Waals surface area contributed by atoms with Gasteiger partial charge >= 0.3 is 0 Å². The Labute approximate surface area is 194 Å². The molecule has 172 valence electrons. The van der Waals surface area contributed by atoms with E-state index in [9.17, 15) is 9.90 Å². The van der Waals surface area contributed by atoms with Crippen molar-refractivity contribution < 1.29 is 19.4 Å². The zero-order valence-corrected chi connectivity index (χ0v) is 19.1. The number of methoxy groups -OCH3 is 2. The number of benzene rings is 3. The van der Waals surface area contributed by atoms with Crippen molar-refractivity contribution in [3.05, 3.63) is 72.3 Å². The Morgan fingerprint density at radius 3 is 2.52 bits per heavy atom. The summed E-state index contributed by atoms with van der Waals surface area (Å²) in [5.41, 5.74) is 3.60. The molecule has 3 aromatic rings. The number of piperidine rings is 1. The van der Waals surface area contributed by atoms with Crippen LogP contribution in [0.15, 0.2) is 66.7 Å². The van der Waals surface area contributed by atoms with Gasteiger partial charge in [-0.2, -0.15) is 0 Å². The fourth-order valence-electron chi connectivity index (χ4n) is 4.32. The first-order valence-corrected chi connectivity index (χ1v) is 11.2. The second-order valence-electron chi connectivity index (χ2n) is 8.33. The van der Waals surface area contributed by atoms with E-state index in [0.29, 0.717) is 18.8 Å². The highest BCUT2D eigenvalue weighted by Crippen LogP contribution is 2.31. The largest absolute Gasteiger partial charge is 0.508 e. The number of phenolic OH excluding ortho intramolecular Hbond substituents is 1. The predicted molar refractivity (Wildman–Crippen MR) is 130 cm³/mol. The van der Waals surface area contributed by atoms with Crippen LogP contribution in [0, 0.1) is 5.92 Å². The quantitative estimate of drug-likeness (QED) is 0.539. The summed E-state index contributed by atoms with van der Waals surface area (Å²) in [7, 11) is 3.26. The number of ether oxygens (including phenoxy) is 2. The van der Waals surface area contributed by atoms with Gasteiger partial charge in [-0.05, 0) is 61.3 Å². The molecule has 0 spiro atoms. The predicted octanol–water partition coefficient (Wildman–Crippen LogP) is 4.93. The van der Waals surface area contributed by atoms with Crippen LogP contribution >= 0.6 is 0 Å². The molecule has 0 aromatic heterocycles. The van der Waals surface area contributed by atoms with Crippen molar-refractivity contribution in [2.24, 2.45) is 5.92 Å². The number of nitrogens with one attached hydrogen (secondary N) is 1. The summed E-state index contributed by atoms with van der Waals surface area (Å²) in [5, 5.41) is 13.4. The van der Waals surface area contributed by atoms with Gasteiger partial charge in [-0.25, -0.2) is 0 Å². The third kappa shape index (κ3) is 5.46. The van der Waals surface area contributed by atoms with Gasteiger partial charge in [-0.3, -0.25) is 9.69 Å². The number of likely N-dealkylation sites (tertiary alicyclic amines) is 1. The van der Waals surface area contributed by atoms with Gasteiger partial charge in [0.1, 0.15) is 17.2 Å². The molecule has 4 rings (SSSR count). The Morgan fingerprint density at radius 2 is 1.76 bits per heavy atom. The number of anilines is 1. The molecule has 1 aliphatic rings. The molecule has 1 amide bonds. The lowest BCUT2D eigenvalue weighted by Gasteiger charge is -2.32. The Bertz CT molecular complexity index is 1100. The first-order valence-electron chi connectivity index (χ1n) is 11.2. The third-order valence-corrected chi connectivity index (χ3v) is 6.14. The van der Waals surface area contributed by atoms with E-state index in [1.807, 2.05) is 54.6 Å². The molecule has 6 nitrogen and oxygen atoms in total. The topological polar surface area (TPSA) is 71.0 Å². The van der Waals surface area contributed by atoms with Crippen molar-refractivity contribution in [2.45, 2.75) is 19.4 Å². The van der Waals surface area contributed by atoms with Crippen molar-refractivity contribution in [2.75, 3.05) is 32.6 Å². The SMILES string of the molecule is COc1ccc(-c2ccccc2NC(=O)C2CCCN(Cc3cc(OC)ccc3O)C2)cc1. The molecule has 1 fully saturated rings. The van der Waals surface area contributed by atoms with Gasteiger partial charge in [-0.15, -0.1) is 0 Å². The number of phenols is 1. The second-order valence-corrected chi connectivity index (χ2v) is 8.33. The van der Waals surface area contributed by atoms with Crippen molar-refractivity contribution in [1.29, 1.82) is 0 Å². The van der Waals surface area contributed by atoms with Crippen LogP contribution in [-0.2, 0) is 11.3 Å². The lowest BCUT2D eigenvalue weighted by Crippen LogP contribution is -2.40. The summed E-state index contributed by atoms with van der Waals surface area (Å²) in [5.74, 6) is 1.66. The van der Waals surface area contributed by atoms with Crippen LogP contribution in [0.1, 0.15) is 18.4 Å². The lowest BCUT2D eigenvalue weighted by atomic mass is 9.96. The average Bonchev–Trinajstić information content (AvgIpc) is 2.86. The van der Waals surface area contributed by atoms with E-state index in [-0.39, 0.29) is 17.6 Å². The first-order chi connectivity index (χ1) is 16.1. The molecule has 0 saturated carbocycles. The summed E-state index contributed by atoms with van der Waals surface area (Å²) in [4.78, 5) is 15.4. The number of hydrogen-bond donors (Lipinski definition) is 2. The van der Waals surface area contributed by atoms with E-state index >= 15 is 0 Å². The van der Waals surface area contributed by atoms with Crippen LogP contribution in [0.2, 0.25) is 0 Å². The molecule has 6 heteroatoms. The van der Waals surface area contributed by atoms with Crippen molar-refractivity contribution >= 4 is 11.6 Å². The molecule has 1 saturated heterocycles. The van der Waals surface area contributed by atoms with Crippen LogP contribution in [-0.4, -0.2) is 43.2 Å². The molecule has 1 aliphatic heterocycles. The van der Waals surface area contributed by atoms with E-state index in [4.69, 9.17) is 9.47 Å². The number of carbonyl (C=O) groups excluding carboxylic acids is 1. The monoisotopic (exact) mass is 446 g/mol. The van der Waals surface area contributed by atoms with Gasteiger partial charge in [-0.1, -0.05) is 30.3 Å². The summed E-state index contributed by atoms with van der Waals surface area (Å²) in [6, 6.07) is 20.9.